The number of halogens is 1. The number of nitrogens with zero attached hydrogens (tertiary/aromatic N) is 3. The third kappa shape index (κ3) is 3.32. The van der Waals surface area contributed by atoms with Crippen LogP contribution in [0.4, 0.5) is 9.52 Å². The van der Waals surface area contributed by atoms with Gasteiger partial charge in [-0.05, 0) is 49.6 Å². The zero-order valence-corrected chi connectivity index (χ0v) is 15.0. The molecule has 1 saturated carbocycles. The maximum absolute atomic E-state index is 12.9. The van der Waals surface area contributed by atoms with Gasteiger partial charge in [0.2, 0.25) is 0 Å². The van der Waals surface area contributed by atoms with Crippen LogP contribution in [-0.4, -0.2) is 25.6 Å². The molecule has 0 spiro atoms. The van der Waals surface area contributed by atoms with Gasteiger partial charge in [-0.1, -0.05) is 11.3 Å². The number of aromatic nitrogens is 4. The number of anilines is 1. The molecule has 0 unspecified atom stereocenters. The van der Waals surface area contributed by atoms with E-state index in [1.807, 2.05) is 6.07 Å². The lowest BCUT2D eigenvalue weighted by Crippen LogP contribution is -2.26. The van der Waals surface area contributed by atoms with Crippen LogP contribution in [0.25, 0.3) is 21.4 Å². The van der Waals surface area contributed by atoms with Crippen LogP contribution in [0.2, 0.25) is 0 Å². The van der Waals surface area contributed by atoms with E-state index in [1.165, 1.54) is 41.2 Å². The van der Waals surface area contributed by atoms with Gasteiger partial charge in [0.05, 0.1) is 15.7 Å². The molecule has 3 heterocycles. The first-order valence-corrected chi connectivity index (χ1v) is 9.24. The topological polar surface area (TPSA) is 75.6 Å². The largest absolute Gasteiger partial charge is 0.359 e. The summed E-state index contributed by atoms with van der Waals surface area (Å²) >= 11 is 1.53. The summed E-state index contributed by atoms with van der Waals surface area (Å²) < 4.78 is 15.4. The Morgan fingerprint density at radius 3 is 2.92 bits per heavy atom. The van der Waals surface area contributed by atoms with Gasteiger partial charge in [0.1, 0.15) is 5.82 Å². The smallest absolute Gasteiger partial charge is 0.327 e. The monoisotopic (exact) mass is 371 g/mol. The number of pyridine rings is 1. The van der Waals surface area contributed by atoms with Crippen molar-refractivity contribution < 1.29 is 4.39 Å². The minimum absolute atomic E-state index is 0.126. The molecule has 3 aromatic heterocycles. The summed E-state index contributed by atoms with van der Waals surface area (Å²) in [6.45, 7) is 0. The molecule has 0 aliphatic heterocycles. The second-order valence-electron chi connectivity index (χ2n) is 6.26. The Balaban J connectivity index is 0.000000136. The molecule has 8 heteroatoms. The van der Waals surface area contributed by atoms with Crippen molar-refractivity contribution in [1.29, 1.82) is 0 Å². The molecule has 0 amide bonds. The van der Waals surface area contributed by atoms with Crippen LogP contribution < -0.4 is 11.0 Å². The third-order valence-corrected chi connectivity index (χ3v) is 5.41. The number of fused-ring (bicyclic) bond motifs is 2. The predicted octanol–water partition coefficient (Wildman–Crippen LogP) is 3.66. The number of aromatic amines is 1. The molecular weight excluding hydrogens is 353 g/mol. The van der Waals surface area contributed by atoms with Crippen LogP contribution >= 0.6 is 11.3 Å². The van der Waals surface area contributed by atoms with Crippen molar-refractivity contribution >= 4 is 37.8 Å². The number of hydrogen-bond donors (Lipinski definition) is 2. The van der Waals surface area contributed by atoms with Crippen LogP contribution in [-0.2, 0) is 7.05 Å². The van der Waals surface area contributed by atoms with Crippen molar-refractivity contribution in [1.82, 2.24) is 19.5 Å². The molecule has 2 N–H and O–H groups in total. The van der Waals surface area contributed by atoms with E-state index in [1.54, 1.807) is 31.4 Å². The normalized spacial score (nSPS) is 14.1. The minimum atomic E-state index is -0.193. The van der Waals surface area contributed by atoms with E-state index in [-0.39, 0.29) is 11.5 Å². The molecule has 4 aromatic rings. The lowest BCUT2D eigenvalue weighted by Gasteiger charge is -2.25. The average Bonchev–Trinajstić information content (AvgIpc) is 3.12. The van der Waals surface area contributed by atoms with Gasteiger partial charge in [-0.2, -0.15) is 0 Å². The molecular formula is C18H18FN5OS. The predicted molar refractivity (Wildman–Crippen MR) is 102 cm³/mol. The quantitative estimate of drug-likeness (QED) is 0.564. The number of rotatable bonds is 2. The number of benzene rings is 1. The lowest BCUT2D eigenvalue weighted by atomic mass is 9.93. The van der Waals surface area contributed by atoms with Crippen LogP contribution in [0.15, 0.2) is 41.3 Å². The summed E-state index contributed by atoms with van der Waals surface area (Å²) in [6.07, 6.45) is 5.41. The Kier molecular flexibility index (Phi) is 4.42. The molecule has 0 atom stereocenters. The minimum Gasteiger partial charge on any atom is -0.359 e. The first-order chi connectivity index (χ1) is 12.6. The third-order valence-electron chi connectivity index (χ3n) is 4.46. The zero-order valence-electron chi connectivity index (χ0n) is 14.2. The van der Waals surface area contributed by atoms with E-state index in [9.17, 15) is 9.18 Å². The van der Waals surface area contributed by atoms with Gasteiger partial charge in [0.25, 0.3) is 0 Å². The number of H-pyrrole nitrogens is 1. The van der Waals surface area contributed by atoms with Crippen molar-refractivity contribution in [2.24, 2.45) is 7.05 Å². The number of imidazole rings is 1. The summed E-state index contributed by atoms with van der Waals surface area (Å²) in [5.74, 6) is -0.193. The molecule has 1 aromatic carbocycles. The molecule has 5 rings (SSSR count). The first-order valence-electron chi connectivity index (χ1n) is 8.42. The Labute approximate surface area is 152 Å². The maximum atomic E-state index is 12.9. The van der Waals surface area contributed by atoms with Crippen LogP contribution in [0.1, 0.15) is 19.3 Å². The van der Waals surface area contributed by atoms with Gasteiger partial charge in [-0.3, -0.25) is 9.55 Å². The molecule has 0 bridgehead atoms. The van der Waals surface area contributed by atoms with Crippen molar-refractivity contribution in [3.63, 3.8) is 0 Å². The van der Waals surface area contributed by atoms with E-state index in [0.717, 1.165) is 20.9 Å². The molecule has 26 heavy (non-hydrogen) atoms. The summed E-state index contributed by atoms with van der Waals surface area (Å²) in [6, 6.07) is 8.95. The fraction of sp³-hybridized carbons (Fsp3) is 0.278. The van der Waals surface area contributed by atoms with Crippen LogP contribution in [0.3, 0.4) is 0 Å². The Hall–Kier alpha value is -2.74. The second-order valence-corrected chi connectivity index (χ2v) is 7.29. The van der Waals surface area contributed by atoms with Crippen molar-refractivity contribution in [2.75, 3.05) is 5.32 Å². The SMILES string of the molecule is Cn1c(=O)[nH]c2ncccc21.Fc1ccc2nc(NC3CCC3)sc2c1. The number of hydrogen-bond acceptors (Lipinski definition) is 5. The van der Waals surface area contributed by atoms with Crippen molar-refractivity contribution in [3.05, 3.63) is 52.8 Å². The van der Waals surface area contributed by atoms with E-state index >= 15 is 0 Å². The van der Waals surface area contributed by atoms with E-state index in [2.05, 4.69) is 20.3 Å². The van der Waals surface area contributed by atoms with Crippen LogP contribution in [0.5, 0.6) is 0 Å². The molecule has 0 saturated heterocycles. The van der Waals surface area contributed by atoms with Crippen molar-refractivity contribution in [2.45, 2.75) is 25.3 Å². The van der Waals surface area contributed by atoms with Gasteiger partial charge in [0, 0.05) is 19.3 Å². The molecule has 134 valence electrons. The number of aryl methyl sites for hydroxylation is 1. The second kappa shape index (κ2) is 6.87. The van der Waals surface area contributed by atoms with E-state index < -0.39 is 0 Å². The van der Waals surface area contributed by atoms with E-state index in [0.29, 0.717) is 11.7 Å². The first kappa shape index (κ1) is 16.7. The van der Waals surface area contributed by atoms with Crippen LogP contribution in [0, 0.1) is 5.82 Å². The summed E-state index contributed by atoms with van der Waals surface area (Å²) in [5, 5.41) is 4.29. The maximum Gasteiger partial charge on any atom is 0.327 e. The number of nitrogens with one attached hydrogen (secondary N) is 2. The van der Waals surface area contributed by atoms with Gasteiger partial charge >= 0.3 is 5.69 Å². The zero-order chi connectivity index (χ0) is 18.1. The highest BCUT2D eigenvalue weighted by molar-refractivity contribution is 7.22. The van der Waals surface area contributed by atoms with Gasteiger partial charge < -0.3 is 5.32 Å². The molecule has 6 nitrogen and oxygen atoms in total. The fourth-order valence-corrected chi connectivity index (χ4v) is 3.71. The van der Waals surface area contributed by atoms with Crippen molar-refractivity contribution in [3.8, 4) is 0 Å². The van der Waals surface area contributed by atoms with Gasteiger partial charge in [-0.25, -0.2) is 19.2 Å². The molecule has 0 radical (unpaired) electrons. The Bertz CT molecular complexity index is 1110. The molecule has 1 fully saturated rings. The summed E-state index contributed by atoms with van der Waals surface area (Å²) in [4.78, 5) is 22.0. The van der Waals surface area contributed by atoms with Gasteiger partial charge in [0.15, 0.2) is 10.8 Å². The fourth-order valence-electron chi connectivity index (χ4n) is 2.75. The summed E-state index contributed by atoms with van der Waals surface area (Å²) in [7, 11) is 1.71. The number of thiazole rings is 1. The Morgan fingerprint density at radius 1 is 1.35 bits per heavy atom. The highest BCUT2D eigenvalue weighted by Gasteiger charge is 2.18. The molecule has 1 aliphatic carbocycles. The van der Waals surface area contributed by atoms with Gasteiger partial charge in [-0.15, -0.1) is 0 Å². The standard InChI is InChI=1S/C11H11FN2S.C7H7N3O/c12-7-4-5-9-10(6-7)15-11(14-9)13-8-2-1-3-8;1-10-5-3-2-4-8-6(5)9-7(10)11/h4-6,8H,1-3H2,(H,13,14);2-4H,1H3,(H,8,9,11). The highest BCUT2D eigenvalue weighted by Crippen LogP contribution is 2.30. The average molecular weight is 371 g/mol. The van der Waals surface area contributed by atoms with E-state index in [4.69, 9.17) is 0 Å². The Morgan fingerprint density at radius 2 is 2.19 bits per heavy atom. The highest BCUT2D eigenvalue weighted by atomic mass is 32.1. The molecule has 1 aliphatic rings. The summed E-state index contributed by atoms with van der Waals surface area (Å²) in [5.41, 5.74) is 2.22. The lowest BCUT2D eigenvalue weighted by molar-refractivity contribution is 0.445.